The first kappa shape index (κ1) is 15.0. The van der Waals surface area contributed by atoms with Crippen molar-refractivity contribution in [1.82, 2.24) is 15.0 Å². The summed E-state index contributed by atoms with van der Waals surface area (Å²) in [7, 11) is 0. The third kappa shape index (κ3) is 3.30. The molecule has 3 rings (SSSR count). The van der Waals surface area contributed by atoms with Gasteiger partial charge in [-0.1, -0.05) is 35.8 Å². The van der Waals surface area contributed by atoms with Gasteiger partial charge in [-0.2, -0.15) is 4.98 Å². The van der Waals surface area contributed by atoms with Crippen molar-refractivity contribution in [2.24, 2.45) is 0 Å². The van der Waals surface area contributed by atoms with Crippen molar-refractivity contribution in [2.45, 2.75) is 32.1 Å². The van der Waals surface area contributed by atoms with Gasteiger partial charge in [-0.3, -0.25) is 4.79 Å². The van der Waals surface area contributed by atoms with Crippen molar-refractivity contribution in [3.63, 3.8) is 0 Å². The van der Waals surface area contributed by atoms with E-state index in [1.165, 1.54) is 5.56 Å². The van der Waals surface area contributed by atoms with E-state index in [0.29, 0.717) is 31.2 Å². The summed E-state index contributed by atoms with van der Waals surface area (Å²) in [5, 5.41) is 4.63. The van der Waals surface area contributed by atoms with Crippen LogP contribution >= 0.6 is 11.6 Å². The smallest absolute Gasteiger partial charge is 0.232 e. The lowest BCUT2D eigenvalue weighted by atomic mass is 10.1. The molecule has 0 aliphatic carbocycles. The molecule has 5 nitrogen and oxygen atoms in total. The van der Waals surface area contributed by atoms with E-state index in [0.717, 1.165) is 17.9 Å². The molecule has 0 bridgehead atoms. The summed E-state index contributed by atoms with van der Waals surface area (Å²) in [5.74, 6) is 1.45. The molecule has 6 heteroatoms. The highest BCUT2D eigenvalue weighted by Crippen LogP contribution is 2.27. The third-order valence-corrected chi connectivity index (χ3v) is 4.20. The molecule has 2 aromatic rings. The Morgan fingerprint density at radius 1 is 1.36 bits per heavy atom. The Morgan fingerprint density at radius 2 is 2.14 bits per heavy atom. The number of aryl methyl sites for hydroxylation is 1. The summed E-state index contributed by atoms with van der Waals surface area (Å²) in [6.45, 7) is 3.33. The molecule has 0 spiro atoms. The predicted octanol–water partition coefficient (Wildman–Crippen LogP) is 2.84. The van der Waals surface area contributed by atoms with E-state index in [1.54, 1.807) is 0 Å². The van der Waals surface area contributed by atoms with Crippen LogP contribution in [0.4, 0.5) is 0 Å². The largest absolute Gasteiger partial charge is 0.342 e. The number of hydrogen-bond donors (Lipinski definition) is 0. The van der Waals surface area contributed by atoms with Crippen LogP contribution in [-0.4, -0.2) is 34.0 Å². The van der Waals surface area contributed by atoms with Crippen molar-refractivity contribution in [3.8, 4) is 0 Å². The highest BCUT2D eigenvalue weighted by Gasteiger charge is 2.33. The molecule has 1 aromatic carbocycles. The van der Waals surface area contributed by atoms with Crippen LogP contribution in [0.15, 0.2) is 28.8 Å². The average Bonchev–Trinajstić information content (AvgIpc) is 3.13. The van der Waals surface area contributed by atoms with Crippen molar-refractivity contribution in [3.05, 3.63) is 46.6 Å². The zero-order valence-corrected chi connectivity index (χ0v) is 13.2. The zero-order valence-electron chi connectivity index (χ0n) is 12.5. The number of amides is 1. The van der Waals surface area contributed by atoms with Gasteiger partial charge in [0.15, 0.2) is 5.82 Å². The molecule has 1 aromatic heterocycles. The fraction of sp³-hybridized carbons (Fsp3) is 0.438. The van der Waals surface area contributed by atoms with Crippen LogP contribution in [0.5, 0.6) is 0 Å². The van der Waals surface area contributed by atoms with Gasteiger partial charge < -0.3 is 9.42 Å². The van der Waals surface area contributed by atoms with Gasteiger partial charge in [0.2, 0.25) is 11.8 Å². The highest BCUT2D eigenvalue weighted by molar-refractivity contribution is 6.30. The van der Waals surface area contributed by atoms with Crippen molar-refractivity contribution in [2.75, 3.05) is 13.1 Å². The number of likely N-dealkylation sites (tertiary alicyclic amines) is 1. The highest BCUT2D eigenvalue weighted by atomic mass is 35.5. The quantitative estimate of drug-likeness (QED) is 0.850. The third-order valence-electron chi connectivity index (χ3n) is 3.95. The van der Waals surface area contributed by atoms with E-state index in [1.807, 2.05) is 36.1 Å². The van der Waals surface area contributed by atoms with Crippen molar-refractivity contribution < 1.29 is 9.32 Å². The van der Waals surface area contributed by atoms with Crippen LogP contribution in [0.2, 0.25) is 5.02 Å². The van der Waals surface area contributed by atoms with E-state index in [-0.39, 0.29) is 11.8 Å². The number of rotatable bonds is 5. The number of carbonyl (C=O) groups is 1. The molecule has 1 unspecified atom stereocenters. The molecule has 1 aliphatic heterocycles. The van der Waals surface area contributed by atoms with Gasteiger partial charge in [0.1, 0.15) is 0 Å². The van der Waals surface area contributed by atoms with Gasteiger partial charge in [-0.05, 0) is 24.1 Å². The molecule has 1 fully saturated rings. The van der Waals surface area contributed by atoms with E-state index in [2.05, 4.69) is 10.1 Å². The first-order chi connectivity index (χ1) is 10.7. The summed E-state index contributed by atoms with van der Waals surface area (Å²) in [6, 6.07) is 7.73. The molecule has 0 radical (unpaired) electrons. The minimum atomic E-state index is 0.0190. The molecule has 0 N–H and O–H groups in total. The normalized spacial score (nSPS) is 18.2. The van der Waals surface area contributed by atoms with E-state index in [4.69, 9.17) is 16.1 Å². The van der Waals surface area contributed by atoms with Crippen LogP contribution in [-0.2, 0) is 17.6 Å². The number of hydrogen-bond acceptors (Lipinski definition) is 4. The van der Waals surface area contributed by atoms with Crippen molar-refractivity contribution in [1.29, 1.82) is 0 Å². The summed E-state index contributed by atoms with van der Waals surface area (Å²) in [4.78, 5) is 18.3. The number of halogens is 1. The molecular formula is C16H18ClN3O2. The monoisotopic (exact) mass is 319 g/mol. The Kier molecular flexibility index (Phi) is 4.43. The zero-order chi connectivity index (χ0) is 15.5. The molecule has 22 heavy (non-hydrogen) atoms. The maximum Gasteiger partial charge on any atom is 0.232 e. The Bertz CT molecular complexity index is 654. The maximum absolute atomic E-state index is 12.1. The fourth-order valence-electron chi connectivity index (χ4n) is 2.65. The minimum absolute atomic E-state index is 0.0190. The van der Waals surface area contributed by atoms with Crippen LogP contribution in [0.1, 0.15) is 36.5 Å². The number of benzene rings is 1. The van der Waals surface area contributed by atoms with Crippen LogP contribution < -0.4 is 0 Å². The van der Waals surface area contributed by atoms with Gasteiger partial charge in [0, 0.05) is 31.0 Å². The van der Waals surface area contributed by atoms with Gasteiger partial charge in [-0.25, -0.2) is 0 Å². The Balaban J connectivity index is 1.58. The lowest BCUT2D eigenvalue weighted by molar-refractivity contribution is -0.127. The van der Waals surface area contributed by atoms with E-state index < -0.39 is 0 Å². The predicted molar refractivity (Wildman–Crippen MR) is 82.8 cm³/mol. The molecule has 1 aliphatic rings. The topological polar surface area (TPSA) is 59.2 Å². The standard InChI is InChI=1S/C16H18ClN3O2/c1-2-14-18-16(22-19-14)12-9-15(21)20(10-12)8-7-11-3-5-13(17)6-4-11/h3-6,12H,2,7-10H2,1H3. The van der Waals surface area contributed by atoms with Gasteiger partial charge in [-0.15, -0.1) is 0 Å². The molecule has 116 valence electrons. The van der Waals surface area contributed by atoms with E-state index >= 15 is 0 Å². The van der Waals surface area contributed by atoms with Gasteiger partial charge in [0.25, 0.3) is 0 Å². The fourth-order valence-corrected chi connectivity index (χ4v) is 2.77. The Labute approximate surface area is 134 Å². The van der Waals surface area contributed by atoms with Crippen molar-refractivity contribution >= 4 is 17.5 Å². The number of carbonyl (C=O) groups excluding carboxylic acids is 1. The lowest BCUT2D eigenvalue weighted by Gasteiger charge is -2.15. The van der Waals surface area contributed by atoms with Gasteiger partial charge in [0.05, 0.1) is 5.92 Å². The summed E-state index contributed by atoms with van der Waals surface area (Å²) >= 11 is 5.88. The second-order valence-electron chi connectivity index (χ2n) is 5.52. The van der Waals surface area contributed by atoms with E-state index in [9.17, 15) is 4.79 Å². The number of nitrogens with zero attached hydrogens (tertiary/aromatic N) is 3. The molecule has 2 heterocycles. The summed E-state index contributed by atoms with van der Waals surface area (Å²) in [6.07, 6.45) is 2.01. The lowest BCUT2D eigenvalue weighted by Crippen LogP contribution is -2.27. The summed E-state index contributed by atoms with van der Waals surface area (Å²) in [5.41, 5.74) is 1.17. The van der Waals surface area contributed by atoms with Crippen LogP contribution in [0.25, 0.3) is 0 Å². The molecule has 1 atom stereocenters. The molecule has 1 amide bonds. The van der Waals surface area contributed by atoms with Crippen LogP contribution in [0.3, 0.4) is 0 Å². The molecular weight excluding hydrogens is 302 g/mol. The number of aromatic nitrogens is 2. The average molecular weight is 320 g/mol. The Morgan fingerprint density at radius 3 is 2.82 bits per heavy atom. The second kappa shape index (κ2) is 6.48. The first-order valence-corrected chi connectivity index (χ1v) is 7.88. The SMILES string of the molecule is CCc1noc(C2CC(=O)N(CCc3ccc(Cl)cc3)C2)n1. The van der Waals surface area contributed by atoms with Gasteiger partial charge >= 0.3 is 0 Å². The maximum atomic E-state index is 12.1. The summed E-state index contributed by atoms with van der Waals surface area (Å²) < 4.78 is 5.26. The van der Waals surface area contributed by atoms with Crippen LogP contribution in [0, 0.1) is 0 Å². The minimum Gasteiger partial charge on any atom is -0.342 e. The molecule has 0 saturated carbocycles. The molecule has 1 saturated heterocycles. The second-order valence-corrected chi connectivity index (χ2v) is 5.96. The Hall–Kier alpha value is -1.88. The first-order valence-electron chi connectivity index (χ1n) is 7.50.